The summed E-state index contributed by atoms with van der Waals surface area (Å²) in [7, 11) is 1.51. The van der Waals surface area contributed by atoms with Gasteiger partial charge in [0.25, 0.3) is 0 Å². The molecule has 0 unspecified atom stereocenters. The van der Waals surface area contributed by atoms with Crippen molar-refractivity contribution < 1.29 is 19.1 Å². The highest BCUT2D eigenvalue weighted by atomic mass is 79.9. The van der Waals surface area contributed by atoms with Crippen LogP contribution in [0.25, 0.3) is 0 Å². The summed E-state index contributed by atoms with van der Waals surface area (Å²) in [5, 5.41) is 6.16. The number of hydrogen-bond donors (Lipinski definition) is 2. The van der Waals surface area contributed by atoms with Crippen LogP contribution in [0, 0.1) is 0 Å². The van der Waals surface area contributed by atoms with Crippen LogP contribution in [-0.2, 0) is 20.9 Å². The summed E-state index contributed by atoms with van der Waals surface area (Å²) in [6.07, 6.45) is 1.44. The largest absolute Gasteiger partial charge is 0.489 e. The van der Waals surface area contributed by atoms with Crippen molar-refractivity contribution in [3.05, 3.63) is 64.1 Å². The fourth-order valence-corrected chi connectivity index (χ4v) is 2.22. The van der Waals surface area contributed by atoms with Gasteiger partial charge in [0.2, 0.25) is 0 Å². The van der Waals surface area contributed by atoms with E-state index >= 15 is 0 Å². The van der Waals surface area contributed by atoms with Crippen molar-refractivity contribution in [3.8, 4) is 5.75 Å². The van der Waals surface area contributed by atoms with Crippen LogP contribution in [0.3, 0.4) is 0 Å². The first-order valence-electron chi connectivity index (χ1n) is 8.16. The molecular weight excluding hydrogens is 414 g/mol. The second kappa shape index (κ2) is 11.1. The van der Waals surface area contributed by atoms with Gasteiger partial charge in [0.05, 0.1) is 12.8 Å². The Morgan fingerprint density at radius 3 is 2.44 bits per heavy atom. The van der Waals surface area contributed by atoms with Crippen LogP contribution in [-0.4, -0.2) is 38.3 Å². The van der Waals surface area contributed by atoms with E-state index in [9.17, 15) is 9.59 Å². The molecule has 2 amide bonds. The quantitative estimate of drug-likeness (QED) is 0.289. The van der Waals surface area contributed by atoms with E-state index in [0.717, 1.165) is 21.3 Å². The normalized spacial score (nSPS) is 10.6. The van der Waals surface area contributed by atoms with Gasteiger partial charge in [-0.3, -0.25) is 9.59 Å². The third kappa shape index (κ3) is 7.59. The number of nitrogens with one attached hydrogen (secondary N) is 2. The van der Waals surface area contributed by atoms with Gasteiger partial charge < -0.3 is 14.8 Å². The van der Waals surface area contributed by atoms with Gasteiger partial charge in [-0.15, -0.1) is 0 Å². The maximum Gasteiger partial charge on any atom is 0.329 e. The van der Waals surface area contributed by atoms with Gasteiger partial charge in [-0.05, 0) is 47.5 Å². The summed E-state index contributed by atoms with van der Waals surface area (Å²) < 4.78 is 11.5. The number of hydrogen-bond acceptors (Lipinski definition) is 5. The Morgan fingerprint density at radius 1 is 1.07 bits per heavy atom. The van der Waals surface area contributed by atoms with Crippen LogP contribution in [0.2, 0.25) is 0 Å². The smallest absolute Gasteiger partial charge is 0.329 e. The van der Waals surface area contributed by atoms with Crippen molar-refractivity contribution >= 4 is 34.0 Å². The van der Waals surface area contributed by atoms with Gasteiger partial charge in [0.1, 0.15) is 12.4 Å². The molecule has 7 nitrogen and oxygen atoms in total. The minimum atomic E-state index is -0.836. The number of amides is 2. The summed E-state index contributed by atoms with van der Waals surface area (Å²) in [5.74, 6) is -0.880. The number of carbonyl (C=O) groups excluding carboxylic acids is 2. The molecular formula is C19H20BrN3O4. The molecule has 0 atom stereocenters. The number of ether oxygens (including phenoxy) is 2. The minimum Gasteiger partial charge on any atom is -0.489 e. The lowest BCUT2D eigenvalue weighted by Crippen LogP contribution is -2.39. The van der Waals surface area contributed by atoms with Crippen molar-refractivity contribution in [1.82, 2.24) is 10.7 Å². The molecule has 0 saturated heterocycles. The monoisotopic (exact) mass is 433 g/mol. The van der Waals surface area contributed by atoms with Crippen LogP contribution >= 0.6 is 15.9 Å². The Morgan fingerprint density at radius 2 is 1.78 bits per heavy atom. The third-order valence-electron chi connectivity index (χ3n) is 3.38. The van der Waals surface area contributed by atoms with Gasteiger partial charge in [-0.1, -0.05) is 28.1 Å². The number of benzene rings is 2. The summed E-state index contributed by atoms with van der Waals surface area (Å²) in [6.45, 7) is 1.06. The Balaban J connectivity index is 1.77. The molecule has 2 N–H and O–H groups in total. The molecule has 2 aromatic carbocycles. The van der Waals surface area contributed by atoms with Crippen LogP contribution in [0.15, 0.2) is 58.1 Å². The summed E-state index contributed by atoms with van der Waals surface area (Å²) >= 11 is 3.39. The first-order chi connectivity index (χ1) is 13.1. The van der Waals surface area contributed by atoms with E-state index < -0.39 is 11.8 Å². The number of hydrazone groups is 1. The Kier molecular flexibility index (Phi) is 8.47. The number of nitrogens with zero attached hydrogens (tertiary/aromatic N) is 1. The summed E-state index contributed by atoms with van der Waals surface area (Å²) in [4.78, 5) is 23.0. The maximum absolute atomic E-state index is 11.5. The highest BCUT2D eigenvalue weighted by molar-refractivity contribution is 9.10. The van der Waals surface area contributed by atoms with Crippen molar-refractivity contribution in [2.75, 3.05) is 20.3 Å². The second-order valence-corrected chi connectivity index (χ2v) is 6.35. The minimum absolute atomic E-state index is 0.258. The SMILES string of the molecule is COCCNC(=O)C(=O)N/N=C\c1ccc(OCc2ccc(Br)cc2)cc1. The number of halogens is 1. The highest BCUT2D eigenvalue weighted by Gasteiger charge is 2.11. The Bertz CT molecular complexity index is 777. The standard InChI is InChI=1S/C19H20BrN3O4/c1-26-11-10-21-18(24)19(25)23-22-12-14-4-8-17(9-5-14)27-13-15-2-6-16(20)7-3-15/h2-9,12H,10-11,13H2,1H3,(H,21,24)(H,23,25)/b22-12-. The van der Waals surface area contributed by atoms with Gasteiger partial charge in [-0.25, -0.2) is 5.43 Å². The molecule has 0 heterocycles. The predicted molar refractivity (Wildman–Crippen MR) is 106 cm³/mol. The number of methoxy groups -OCH3 is 1. The predicted octanol–water partition coefficient (Wildman–Crippen LogP) is 2.24. The molecule has 0 radical (unpaired) electrons. The molecule has 0 saturated carbocycles. The van der Waals surface area contributed by atoms with Crippen LogP contribution in [0.1, 0.15) is 11.1 Å². The first kappa shape index (κ1) is 20.6. The molecule has 142 valence electrons. The van der Waals surface area contributed by atoms with Gasteiger partial charge in [0, 0.05) is 18.1 Å². The van der Waals surface area contributed by atoms with Crippen molar-refractivity contribution in [1.29, 1.82) is 0 Å². The molecule has 27 heavy (non-hydrogen) atoms. The highest BCUT2D eigenvalue weighted by Crippen LogP contribution is 2.15. The lowest BCUT2D eigenvalue weighted by atomic mass is 10.2. The zero-order chi connectivity index (χ0) is 19.5. The van der Waals surface area contributed by atoms with Crippen LogP contribution < -0.4 is 15.5 Å². The molecule has 0 aromatic heterocycles. The van der Waals surface area contributed by atoms with E-state index in [-0.39, 0.29) is 6.54 Å². The topological polar surface area (TPSA) is 89.0 Å². The lowest BCUT2D eigenvalue weighted by Gasteiger charge is -2.06. The third-order valence-corrected chi connectivity index (χ3v) is 3.91. The summed E-state index contributed by atoms with van der Waals surface area (Å²) in [6, 6.07) is 15.1. The molecule has 0 bridgehead atoms. The molecule has 0 fully saturated rings. The molecule has 0 aliphatic heterocycles. The van der Waals surface area contributed by atoms with Crippen LogP contribution in [0.4, 0.5) is 0 Å². The average molecular weight is 434 g/mol. The van der Waals surface area contributed by atoms with E-state index in [0.29, 0.717) is 13.2 Å². The van der Waals surface area contributed by atoms with Crippen LogP contribution in [0.5, 0.6) is 5.75 Å². The average Bonchev–Trinajstić information content (AvgIpc) is 2.68. The van der Waals surface area contributed by atoms with E-state index in [1.807, 2.05) is 24.3 Å². The zero-order valence-electron chi connectivity index (χ0n) is 14.8. The molecule has 2 aromatic rings. The zero-order valence-corrected chi connectivity index (χ0v) is 16.4. The maximum atomic E-state index is 11.5. The molecule has 8 heteroatoms. The Hall–Kier alpha value is -2.71. The Labute approximate surface area is 165 Å². The van der Waals surface area contributed by atoms with Crippen molar-refractivity contribution in [2.45, 2.75) is 6.61 Å². The van der Waals surface area contributed by atoms with E-state index in [2.05, 4.69) is 31.8 Å². The summed E-state index contributed by atoms with van der Waals surface area (Å²) in [5.41, 5.74) is 3.99. The molecule has 0 spiro atoms. The second-order valence-electron chi connectivity index (χ2n) is 5.43. The first-order valence-corrected chi connectivity index (χ1v) is 8.95. The lowest BCUT2D eigenvalue weighted by molar-refractivity contribution is -0.139. The number of carbonyl (C=O) groups is 2. The van der Waals surface area contributed by atoms with Crippen molar-refractivity contribution in [2.24, 2.45) is 5.10 Å². The van der Waals surface area contributed by atoms with Gasteiger partial charge >= 0.3 is 11.8 Å². The van der Waals surface area contributed by atoms with E-state index in [1.54, 1.807) is 24.3 Å². The molecule has 0 aliphatic carbocycles. The van der Waals surface area contributed by atoms with E-state index in [4.69, 9.17) is 9.47 Å². The molecule has 0 aliphatic rings. The van der Waals surface area contributed by atoms with Gasteiger partial charge in [-0.2, -0.15) is 5.10 Å². The fraction of sp³-hybridized carbons (Fsp3) is 0.211. The van der Waals surface area contributed by atoms with E-state index in [1.165, 1.54) is 13.3 Å². The number of rotatable bonds is 8. The van der Waals surface area contributed by atoms with Crippen molar-refractivity contribution in [3.63, 3.8) is 0 Å². The fourth-order valence-electron chi connectivity index (χ4n) is 1.96. The van der Waals surface area contributed by atoms with Gasteiger partial charge in [0.15, 0.2) is 0 Å². The molecule has 2 rings (SSSR count).